The van der Waals surface area contributed by atoms with Gasteiger partial charge in [-0.2, -0.15) is 0 Å². The van der Waals surface area contributed by atoms with Gasteiger partial charge in [0.2, 0.25) is 0 Å². The lowest BCUT2D eigenvalue weighted by Crippen LogP contribution is -2.53. The molecule has 21 heavy (non-hydrogen) atoms. The molecule has 1 unspecified atom stereocenters. The Morgan fingerprint density at radius 2 is 2.05 bits per heavy atom. The number of Topliss-reactive ketones (excluding diaryl/α,β-unsaturated/α-hetero) is 1. The van der Waals surface area contributed by atoms with Gasteiger partial charge in [-0.05, 0) is 25.3 Å². The third-order valence-corrected chi connectivity index (χ3v) is 3.46. The van der Waals surface area contributed by atoms with Gasteiger partial charge in [0.05, 0.1) is 0 Å². The number of carbonyl (C=O) groups excluding carboxylic acids is 1. The first kappa shape index (κ1) is 15.7. The Bertz CT molecular complexity index is 561. The molecule has 1 aliphatic rings. The van der Waals surface area contributed by atoms with E-state index >= 15 is 0 Å². The van der Waals surface area contributed by atoms with Crippen molar-refractivity contribution in [2.45, 2.75) is 37.3 Å². The maximum absolute atomic E-state index is 14.2. The standard InChI is InChI=1S/C13H13F4NO3/c14-10-7(3-1-5-9(10)21-13(15,16)17)12(18)6-2-4-8(19)11(12)20/h1,3,5,8,19H,2,4,6,18H2/t8-,12?/m0/s1. The zero-order valence-corrected chi connectivity index (χ0v) is 10.8. The van der Waals surface area contributed by atoms with Gasteiger partial charge in [-0.15, -0.1) is 13.2 Å². The van der Waals surface area contributed by atoms with E-state index in [0.717, 1.165) is 18.2 Å². The minimum absolute atomic E-state index is 0.0370. The second-order valence-corrected chi connectivity index (χ2v) is 4.91. The van der Waals surface area contributed by atoms with Gasteiger partial charge in [-0.25, -0.2) is 4.39 Å². The molecule has 1 aliphatic carbocycles. The zero-order valence-electron chi connectivity index (χ0n) is 10.8. The van der Waals surface area contributed by atoms with Crippen LogP contribution >= 0.6 is 0 Å². The summed E-state index contributed by atoms with van der Waals surface area (Å²) in [6, 6.07) is 3.02. The molecule has 0 aliphatic heterocycles. The number of ether oxygens (including phenoxy) is 1. The van der Waals surface area contributed by atoms with Crippen molar-refractivity contribution in [3.63, 3.8) is 0 Å². The van der Waals surface area contributed by atoms with Crippen molar-refractivity contribution in [2.75, 3.05) is 0 Å². The average molecular weight is 307 g/mol. The fourth-order valence-electron chi connectivity index (χ4n) is 2.45. The lowest BCUT2D eigenvalue weighted by molar-refractivity contribution is -0.275. The van der Waals surface area contributed by atoms with Crippen LogP contribution in [0.2, 0.25) is 0 Å². The molecule has 1 aromatic carbocycles. The van der Waals surface area contributed by atoms with E-state index in [9.17, 15) is 27.5 Å². The molecule has 0 spiro atoms. The van der Waals surface area contributed by atoms with Crippen LogP contribution < -0.4 is 10.5 Å². The number of aliphatic hydroxyl groups excluding tert-OH is 1. The lowest BCUT2D eigenvalue weighted by atomic mass is 9.75. The van der Waals surface area contributed by atoms with E-state index in [1.807, 2.05) is 0 Å². The Morgan fingerprint density at radius 3 is 2.67 bits per heavy atom. The van der Waals surface area contributed by atoms with Crippen LogP contribution in [0.3, 0.4) is 0 Å². The summed E-state index contributed by atoms with van der Waals surface area (Å²) >= 11 is 0. The molecule has 0 saturated heterocycles. The van der Waals surface area contributed by atoms with Crippen LogP contribution in [0.5, 0.6) is 5.75 Å². The molecule has 4 nitrogen and oxygen atoms in total. The molecule has 8 heteroatoms. The number of benzene rings is 1. The van der Waals surface area contributed by atoms with Crippen molar-refractivity contribution in [3.8, 4) is 5.75 Å². The SMILES string of the molecule is NC1(c2cccc(OC(F)(F)F)c2F)CCC[C@H](O)C1=O. The summed E-state index contributed by atoms with van der Waals surface area (Å²) in [4.78, 5) is 12.0. The summed E-state index contributed by atoms with van der Waals surface area (Å²) in [5, 5.41) is 9.56. The third kappa shape index (κ3) is 3.01. The topological polar surface area (TPSA) is 72.6 Å². The Kier molecular flexibility index (Phi) is 3.94. The van der Waals surface area contributed by atoms with Crippen LogP contribution in [0.25, 0.3) is 0 Å². The summed E-state index contributed by atoms with van der Waals surface area (Å²) in [5.41, 5.74) is 3.60. The third-order valence-electron chi connectivity index (χ3n) is 3.46. The number of carbonyl (C=O) groups is 1. The van der Waals surface area contributed by atoms with Crippen LogP contribution in [0, 0.1) is 5.82 Å². The van der Waals surface area contributed by atoms with Gasteiger partial charge < -0.3 is 15.6 Å². The molecular formula is C13H13F4NO3. The minimum Gasteiger partial charge on any atom is -0.403 e. The maximum atomic E-state index is 14.2. The Labute approximate surface area is 117 Å². The fraction of sp³-hybridized carbons (Fsp3) is 0.462. The largest absolute Gasteiger partial charge is 0.573 e. The molecule has 0 amide bonds. The van der Waals surface area contributed by atoms with Gasteiger partial charge in [0.25, 0.3) is 0 Å². The molecule has 1 saturated carbocycles. The van der Waals surface area contributed by atoms with E-state index in [4.69, 9.17) is 5.73 Å². The van der Waals surface area contributed by atoms with E-state index in [2.05, 4.69) is 4.74 Å². The van der Waals surface area contributed by atoms with Crippen molar-refractivity contribution in [3.05, 3.63) is 29.6 Å². The van der Waals surface area contributed by atoms with E-state index in [1.165, 1.54) is 0 Å². The summed E-state index contributed by atoms with van der Waals surface area (Å²) < 4.78 is 54.4. The van der Waals surface area contributed by atoms with Crippen LogP contribution in [0.1, 0.15) is 24.8 Å². The van der Waals surface area contributed by atoms with E-state index < -0.39 is 40.9 Å². The molecule has 1 aromatic rings. The van der Waals surface area contributed by atoms with Gasteiger partial charge in [0.15, 0.2) is 17.3 Å². The first-order chi connectivity index (χ1) is 9.65. The first-order valence-electron chi connectivity index (χ1n) is 6.21. The molecule has 0 bridgehead atoms. The molecule has 116 valence electrons. The van der Waals surface area contributed by atoms with Gasteiger partial charge >= 0.3 is 6.36 Å². The van der Waals surface area contributed by atoms with E-state index in [-0.39, 0.29) is 12.8 Å². The minimum atomic E-state index is -5.06. The highest BCUT2D eigenvalue weighted by Crippen LogP contribution is 2.37. The highest BCUT2D eigenvalue weighted by atomic mass is 19.4. The molecule has 0 radical (unpaired) electrons. The van der Waals surface area contributed by atoms with Crippen LogP contribution in [-0.2, 0) is 10.3 Å². The van der Waals surface area contributed by atoms with Crippen molar-refractivity contribution in [2.24, 2.45) is 5.73 Å². The number of hydrogen-bond acceptors (Lipinski definition) is 4. The number of halogens is 4. The number of ketones is 1. The number of alkyl halides is 3. The lowest BCUT2D eigenvalue weighted by Gasteiger charge is -2.35. The maximum Gasteiger partial charge on any atom is 0.573 e. The Hall–Kier alpha value is -1.67. The molecular weight excluding hydrogens is 294 g/mol. The number of rotatable bonds is 2. The van der Waals surface area contributed by atoms with Gasteiger partial charge in [-0.3, -0.25) is 4.79 Å². The summed E-state index contributed by atoms with van der Waals surface area (Å²) in [6.45, 7) is 0. The smallest absolute Gasteiger partial charge is 0.403 e. The molecule has 0 heterocycles. The summed E-state index contributed by atoms with van der Waals surface area (Å²) in [6.07, 6.45) is -5.83. The normalized spacial score (nSPS) is 26.8. The predicted octanol–water partition coefficient (Wildman–Crippen LogP) is 1.99. The Morgan fingerprint density at radius 1 is 1.38 bits per heavy atom. The van der Waals surface area contributed by atoms with Gasteiger partial charge in [0.1, 0.15) is 11.6 Å². The number of hydrogen-bond donors (Lipinski definition) is 2. The molecule has 0 aromatic heterocycles. The van der Waals surface area contributed by atoms with Crippen molar-refractivity contribution < 1.29 is 32.2 Å². The number of aliphatic hydroxyl groups is 1. The van der Waals surface area contributed by atoms with Gasteiger partial charge in [-0.1, -0.05) is 12.1 Å². The van der Waals surface area contributed by atoms with E-state index in [1.54, 1.807) is 0 Å². The van der Waals surface area contributed by atoms with Crippen LogP contribution in [0.15, 0.2) is 18.2 Å². The fourth-order valence-corrected chi connectivity index (χ4v) is 2.45. The monoisotopic (exact) mass is 307 g/mol. The highest BCUT2D eigenvalue weighted by Gasteiger charge is 2.45. The number of nitrogens with two attached hydrogens (primary N) is 1. The Balaban J connectivity index is 2.44. The van der Waals surface area contributed by atoms with Crippen molar-refractivity contribution in [1.29, 1.82) is 0 Å². The molecule has 2 rings (SSSR count). The predicted molar refractivity (Wildman–Crippen MR) is 63.8 cm³/mol. The highest BCUT2D eigenvalue weighted by molar-refractivity contribution is 5.93. The summed E-state index contributed by atoms with van der Waals surface area (Å²) in [5.74, 6) is -3.21. The van der Waals surface area contributed by atoms with E-state index in [0.29, 0.717) is 6.42 Å². The molecule has 3 N–H and O–H groups in total. The van der Waals surface area contributed by atoms with Crippen LogP contribution in [0.4, 0.5) is 17.6 Å². The quantitative estimate of drug-likeness (QED) is 0.820. The average Bonchev–Trinajstić information content (AvgIpc) is 2.37. The molecule has 1 fully saturated rings. The second kappa shape index (κ2) is 5.27. The summed E-state index contributed by atoms with van der Waals surface area (Å²) in [7, 11) is 0. The first-order valence-corrected chi connectivity index (χ1v) is 6.21. The van der Waals surface area contributed by atoms with Gasteiger partial charge in [0, 0.05) is 5.56 Å². The van der Waals surface area contributed by atoms with Crippen LogP contribution in [-0.4, -0.2) is 23.4 Å². The second-order valence-electron chi connectivity index (χ2n) is 4.91. The van der Waals surface area contributed by atoms with Crippen molar-refractivity contribution in [1.82, 2.24) is 0 Å². The van der Waals surface area contributed by atoms with Crippen molar-refractivity contribution >= 4 is 5.78 Å². The zero-order chi connectivity index (χ0) is 15.8. The molecule has 2 atom stereocenters.